The van der Waals surface area contributed by atoms with Gasteiger partial charge in [0.2, 0.25) is 5.91 Å². The van der Waals surface area contributed by atoms with E-state index < -0.39 is 11.7 Å². The maximum absolute atomic E-state index is 12.6. The zero-order valence-corrected chi connectivity index (χ0v) is 12.9. The number of carbonyl (C=O) groups is 1. The molecule has 0 atom stereocenters. The summed E-state index contributed by atoms with van der Waals surface area (Å²) in [6, 6.07) is 5.06. The van der Waals surface area contributed by atoms with E-state index in [1.807, 2.05) is 0 Å². The van der Waals surface area contributed by atoms with Crippen LogP contribution in [0.15, 0.2) is 24.3 Å². The van der Waals surface area contributed by atoms with Crippen molar-refractivity contribution in [2.24, 2.45) is 0 Å². The minimum Gasteiger partial charge on any atom is -0.341 e. The number of alkyl halides is 3. The molecular weight excluding hydrogens is 305 g/mol. The summed E-state index contributed by atoms with van der Waals surface area (Å²) in [5.41, 5.74) is -0.213. The first-order valence-corrected chi connectivity index (χ1v) is 6.39. The number of hydrogen-bond donors (Lipinski definition) is 1. The number of nitrogens with zero attached hydrogens (tertiary/aromatic N) is 1. The van der Waals surface area contributed by atoms with E-state index in [1.54, 1.807) is 20.2 Å². The first-order valence-electron chi connectivity index (χ1n) is 6.39. The maximum atomic E-state index is 12.6. The molecule has 0 radical (unpaired) electrons. The van der Waals surface area contributed by atoms with Crippen molar-refractivity contribution in [2.45, 2.75) is 25.6 Å². The van der Waals surface area contributed by atoms with Gasteiger partial charge in [0.15, 0.2) is 0 Å². The number of carbonyl (C=O) groups excluding carboxylic acids is 1. The fourth-order valence-corrected chi connectivity index (χ4v) is 1.82. The lowest BCUT2D eigenvalue weighted by molar-refractivity contribution is -0.137. The van der Waals surface area contributed by atoms with E-state index in [9.17, 15) is 18.0 Å². The molecule has 0 aliphatic heterocycles. The average molecular weight is 325 g/mol. The van der Waals surface area contributed by atoms with E-state index in [-0.39, 0.29) is 24.9 Å². The molecule has 0 heterocycles. The zero-order chi connectivity index (χ0) is 15.2. The van der Waals surface area contributed by atoms with Crippen LogP contribution in [0, 0.1) is 0 Å². The van der Waals surface area contributed by atoms with Crippen LogP contribution in [0.25, 0.3) is 0 Å². The van der Waals surface area contributed by atoms with E-state index in [0.29, 0.717) is 18.4 Å². The van der Waals surface area contributed by atoms with Crippen molar-refractivity contribution in [2.75, 3.05) is 20.6 Å². The molecule has 7 heteroatoms. The molecule has 120 valence electrons. The van der Waals surface area contributed by atoms with Crippen molar-refractivity contribution >= 4 is 18.3 Å². The Morgan fingerprint density at radius 1 is 1.33 bits per heavy atom. The molecule has 1 aromatic rings. The Labute approximate surface area is 128 Å². The molecule has 0 saturated heterocycles. The Bertz CT molecular complexity index is 452. The predicted octanol–water partition coefficient (Wildman–Crippen LogP) is 3.09. The minimum absolute atomic E-state index is 0. The van der Waals surface area contributed by atoms with Gasteiger partial charge in [-0.3, -0.25) is 4.79 Å². The normalized spacial score (nSPS) is 10.9. The predicted molar refractivity (Wildman–Crippen MR) is 78.3 cm³/mol. The molecule has 0 aliphatic carbocycles. The van der Waals surface area contributed by atoms with Crippen molar-refractivity contribution in [3.63, 3.8) is 0 Å². The highest BCUT2D eigenvalue weighted by molar-refractivity contribution is 5.85. The summed E-state index contributed by atoms with van der Waals surface area (Å²) < 4.78 is 37.7. The molecule has 1 N–H and O–H groups in total. The quantitative estimate of drug-likeness (QED) is 0.816. The first kappa shape index (κ1) is 19.7. The van der Waals surface area contributed by atoms with Crippen LogP contribution in [0.3, 0.4) is 0 Å². The summed E-state index contributed by atoms with van der Waals surface area (Å²) in [5, 5.41) is 2.94. The molecule has 0 aromatic heterocycles. The number of rotatable bonds is 6. The molecule has 0 saturated carbocycles. The van der Waals surface area contributed by atoms with Gasteiger partial charge in [-0.05, 0) is 37.7 Å². The topological polar surface area (TPSA) is 32.3 Å². The van der Waals surface area contributed by atoms with E-state index in [4.69, 9.17) is 0 Å². The third-order valence-corrected chi connectivity index (χ3v) is 2.92. The summed E-state index contributed by atoms with van der Waals surface area (Å²) in [6.45, 7) is 0.922. The van der Waals surface area contributed by atoms with Crippen LogP contribution in [-0.2, 0) is 17.5 Å². The molecule has 0 fully saturated rings. The van der Waals surface area contributed by atoms with Crippen LogP contribution in [0.1, 0.15) is 24.0 Å². The fraction of sp³-hybridized carbons (Fsp3) is 0.500. The van der Waals surface area contributed by atoms with Gasteiger partial charge in [0.05, 0.1) is 5.56 Å². The number of hydrogen-bond acceptors (Lipinski definition) is 2. The number of benzene rings is 1. The highest BCUT2D eigenvalue weighted by Crippen LogP contribution is 2.29. The van der Waals surface area contributed by atoms with Crippen molar-refractivity contribution in [3.05, 3.63) is 35.4 Å². The lowest BCUT2D eigenvalue weighted by Gasteiger charge is -2.18. The van der Waals surface area contributed by atoms with Crippen molar-refractivity contribution in [1.29, 1.82) is 0 Å². The monoisotopic (exact) mass is 324 g/mol. The molecule has 1 amide bonds. The van der Waals surface area contributed by atoms with Crippen LogP contribution >= 0.6 is 12.4 Å². The second kappa shape index (κ2) is 8.89. The van der Waals surface area contributed by atoms with E-state index >= 15 is 0 Å². The summed E-state index contributed by atoms with van der Waals surface area (Å²) in [7, 11) is 3.40. The SMILES string of the molecule is CNCCCC(=O)N(C)Cc1cccc(C(F)(F)F)c1.Cl. The smallest absolute Gasteiger partial charge is 0.341 e. The molecule has 0 bridgehead atoms. The summed E-state index contributed by atoms with van der Waals surface area (Å²) >= 11 is 0. The van der Waals surface area contributed by atoms with Gasteiger partial charge >= 0.3 is 6.18 Å². The molecule has 0 aliphatic rings. The Kier molecular flexibility index (Phi) is 8.36. The van der Waals surface area contributed by atoms with Crippen LogP contribution in [-0.4, -0.2) is 31.4 Å². The van der Waals surface area contributed by atoms with Crippen molar-refractivity contribution in [3.8, 4) is 0 Å². The van der Waals surface area contributed by atoms with Gasteiger partial charge in [-0.2, -0.15) is 13.2 Å². The van der Waals surface area contributed by atoms with Gasteiger partial charge in [-0.15, -0.1) is 12.4 Å². The summed E-state index contributed by atoms with van der Waals surface area (Å²) in [5.74, 6) is -0.0716. The molecule has 21 heavy (non-hydrogen) atoms. The first-order chi connectivity index (χ1) is 9.34. The molecule has 3 nitrogen and oxygen atoms in total. The molecule has 1 rings (SSSR count). The lowest BCUT2D eigenvalue weighted by atomic mass is 10.1. The van der Waals surface area contributed by atoms with E-state index in [0.717, 1.165) is 18.7 Å². The van der Waals surface area contributed by atoms with Gasteiger partial charge in [-0.1, -0.05) is 12.1 Å². The van der Waals surface area contributed by atoms with E-state index in [1.165, 1.54) is 11.0 Å². The van der Waals surface area contributed by atoms with Crippen LogP contribution in [0.2, 0.25) is 0 Å². The standard InChI is InChI=1S/C14H19F3N2O.ClH/c1-18-8-4-7-13(20)19(2)10-11-5-3-6-12(9-11)14(15,16)17;/h3,5-6,9,18H,4,7-8,10H2,1-2H3;1H. The van der Waals surface area contributed by atoms with Crippen LogP contribution < -0.4 is 5.32 Å². The third kappa shape index (κ3) is 6.82. The van der Waals surface area contributed by atoms with Gasteiger partial charge in [0.1, 0.15) is 0 Å². The summed E-state index contributed by atoms with van der Waals surface area (Å²) in [4.78, 5) is 13.2. The van der Waals surface area contributed by atoms with Crippen LogP contribution in [0.5, 0.6) is 0 Å². The largest absolute Gasteiger partial charge is 0.416 e. The second-order valence-corrected chi connectivity index (χ2v) is 4.66. The molecule has 1 aromatic carbocycles. The van der Waals surface area contributed by atoms with Gasteiger partial charge < -0.3 is 10.2 Å². The number of amides is 1. The summed E-state index contributed by atoms with van der Waals surface area (Å²) in [6.07, 6.45) is -3.26. The maximum Gasteiger partial charge on any atom is 0.416 e. The highest BCUT2D eigenvalue weighted by Gasteiger charge is 2.30. The highest BCUT2D eigenvalue weighted by atomic mass is 35.5. The van der Waals surface area contributed by atoms with E-state index in [2.05, 4.69) is 5.32 Å². The Morgan fingerprint density at radius 3 is 2.57 bits per heavy atom. The molecule has 0 spiro atoms. The van der Waals surface area contributed by atoms with Crippen molar-refractivity contribution in [1.82, 2.24) is 10.2 Å². The number of nitrogens with one attached hydrogen (secondary N) is 1. The third-order valence-electron chi connectivity index (χ3n) is 2.92. The average Bonchev–Trinajstić information content (AvgIpc) is 2.38. The Balaban J connectivity index is 0.00000400. The second-order valence-electron chi connectivity index (χ2n) is 4.66. The van der Waals surface area contributed by atoms with Crippen LogP contribution in [0.4, 0.5) is 13.2 Å². The molecular formula is C14H20ClF3N2O. The van der Waals surface area contributed by atoms with Gasteiger partial charge in [-0.25, -0.2) is 0 Å². The molecule has 0 unspecified atom stereocenters. The van der Waals surface area contributed by atoms with Gasteiger partial charge in [0, 0.05) is 20.0 Å². The minimum atomic E-state index is -4.36. The fourth-order valence-electron chi connectivity index (χ4n) is 1.82. The lowest BCUT2D eigenvalue weighted by Crippen LogP contribution is -2.26. The Hall–Kier alpha value is -1.27. The van der Waals surface area contributed by atoms with Crippen molar-refractivity contribution < 1.29 is 18.0 Å². The van der Waals surface area contributed by atoms with Gasteiger partial charge in [0.25, 0.3) is 0 Å². The number of halogens is 4. The Morgan fingerprint density at radius 2 is 2.00 bits per heavy atom. The zero-order valence-electron chi connectivity index (χ0n) is 12.0.